The normalized spacial score (nSPS) is 12.7. The summed E-state index contributed by atoms with van der Waals surface area (Å²) in [5.41, 5.74) is 11.9. The predicted octanol–water partition coefficient (Wildman–Crippen LogP) is 16.0. The lowest BCUT2D eigenvalue weighted by atomic mass is 9.98. The van der Waals surface area contributed by atoms with E-state index in [2.05, 4.69) is 215 Å². The van der Waals surface area contributed by atoms with Gasteiger partial charge >= 0.3 is 0 Å². The first-order valence-corrected chi connectivity index (χ1v) is 21.8. The third kappa shape index (κ3) is 5.69. The molecule has 0 N–H and O–H groups in total. The molecular weight excluding hydrogens is 755 g/mol. The molecule has 0 unspecified atom stereocenters. The molecule has 3 heterocycles. The maximum absolute atomic E-state index is 2.47. The molecule has 280 valence electrons. The highest BCUT2D eigenvalue weighted by Crippen LogP contribution is 2.45. The maximum atomic E-state index is 2.47. The van der Waals surface area contributed by atoms with Gasteiger partial charge < -0.3 is 14.4 Å². The van der Waals surface area contributed by atoms with Crippen molar-refractivity contribution < 1.29 is 0 Å². The van der Waals surface area contributed by atoms with Crippen molar-refractivity contribution in [2.75, 3.05) is 9.80 Å². The van der Waals surface area contributed by atoms with E-state index in [-0.39, 0.29) is 0 Å². The Morgan fingerprint density at radius 3 is 1.63 bits per heavy atom. The van der Waals surface area contributed by atoms with E-state index in [1.807, 2.05) is 22.7 Å². The van der Waals surface area contributed by atoms with Crippen LogP contribution in [0.25, 0.3) is 63.8 Å². The predicted molar refractivity (Wildman–Crippen MR) is 255 cm³/mol. The van der Waals surface area contributed by atoms with Crippen LogP contribution in [0.1, 0.15) is 16.9 Å². The fourth-order valence-electron chi connectivity index (χ4n) is 9.17. The Labute approximate surface area is 350 Å². The summed E-state index contributed by atoms with van der Waals surface area (Å²) in [6.45, 7) is 0. The highest BCUT2D eigenvalue weighted by atomic mass is 32.1. The van der Waals surface area contributed by atoms with Crippen molar-refractivity contribution in [1.29, 1.82) is 0 Å². The standard InChI is InChI=1S/C54H37N3S2/c1-4-14-36(15-5-1)55(37-16-6-2-7-17-37)41-28-30-49-45(32-41)46-35-54-48(44-21-11-13-23-52(44)59-54)34-50(46)57(49)40-26-24-39(25-27-40)56(38-18-8-3-9-19-38)42-29-31-53-47(33-42)43-20-10-12-22-51(43)58-53/h1-28,30,32-35H,29,31H2. The van der Waals surface area contributed by atoms with Crippen molar-refractivity contribution in [1.82, 2.24) is 4.57 Å². The van der Waals surface area contributed by atoms with E-state index in [1.165, 1.54) is 73.9 Å². The molecule has 59 heavy (non-hydrogen) atoms. The first-order valence-electron chi connectivity index (χ1n) is 20.2. The lowest BCUT2D eigenvalue weighted by Gasteiger charge is -2.30. The van der Waals surface area contributed by atoms with E-state index in [4.69, 9.17) is 0 Å². The molecule has 0 fully saturated rings. The Morgan fingerprint density at radius 1 is 0.373 bits per heavy atom. The van der Waals surface area contributed by atoms with Crippen LogP contribution in [0, 0.1) is 0 Å². The molecule has 1 aliphatic rings. The highest BCUT2D eigenvalue weighted by Gasteiger charge is 2.23. The van der Waals surface area contributed by atoms with Gasteiger partial charge in [0.05, 0.1) is 11.0 Å². The Bertz CT molecular complexity index is 3340. The first kappa shape index (κ1) is 34.1. The van der Waals surface area contributed by atoms with Crippen LogP contribution in [-0.2, 0) is 6.42 Å². The summed E-state index contributed by atoms with van der Waals surface area (Å²) in [6, 6.07) is 70.9. The van der Waals surface area contributed by atoms with Crippen molar-refractivity contribution >= 4 is 109 Å². The summed E-state index contributed by atoms with van der Waals surface area (Å²) in [6.07, 6.45) is 4.47. The largest absolute Gasteiger partial charge is 0.314 e. The van der Waals surface area contributed by atoms with E-state index in [0.29, 0.717) is 0 Å². The van der Waals surface area contributed by atoms with Crippen LogP contribution in [0.4, 0.5) is 28.4 Å². The van der Waals surface area contributed by atoms with Gasteiger partial charge in [-0.2, -0.15) is 0 Å². The van der Waals surface area contributed by atoms with Gasteiger partial charge in [-0.1, -0.05) is 91.0 Å². The van der Waals surface area contributed by atoms with Crippen LogP contribution in [-0.4, -0.2) is 4.57 Å². The first-order chi connectivity index (χ1) is 29.2. The van der Waals surface area contributed by atoms with Crippen LogP contribution in [0.2, 0.25) is 0 Å². The Kier molecular flexibility index (Phi) is 8.03. The molecule has 0 bridgehead atoms. The van der Waals surface area contributed by atoms with Crippen molar-refractivity contribution in [3.8, 4) is 5.69 Å². The number of aryl methyl sites for hydroxylation is 1. The molecule has 12 rings (SSSR count). The fraction of sp³-hybridized carbons (Fsp3) is 0.0370. The van der Waals surface area contributed by atoms with Crippen LogP contribution in [0.5, 0.6) is 0 Å². The Morgan fingerprint density at radius 2 is 0.932 bits per heavy atom. The van der Waals surface area contributed by atoms with Crippen molar-refractivity contribution in [3.05, 3.63) is 210 Å². The molecule has 0 amide bonds. The average molecular weight is 792 g/mol. The maximum Gasteiger partial charge on any atom is 0.0548 e. The molecule has 1 aliphatic carbocycles. The van der Waals surface area contributed by atoms with Gasteiger partial charge in [-0.15, -0.1) is 22.7 Å². The molecule has 3 aromatic heterocycles. The molecule has 8 aromatic carbocycles. The van der Waals surface area contributed by atoms with E-state index < -0.39 is 0 Å². The monoisotopic (exact) mass is 791 g/mol. The van der Waals surface area contributed by atoms with Gasteiger partial charge in [0.1, 0.15) is 0 Å². The minimum Gasteiger partial charge on any atom is -0.314 e. The Hall–Kier alpha value is -6.92. The number of nitrogens with zero attached hydrogens (tertiary/aromatic N) is 3. The number of anilines is 5. The molecular formula is C54H37N3S2. The van der Waals surface area contributed by atoms with Crippen molar-refractivity contribution in [2.45, 2.75) is 12.8 Å². The SMILES string of the molecule is C1=C(N(c2ccccc2)c2ccc(-n3c4ccc(N(c5ccccc5)c5ccccc5)cc4c4cc5sc6ccccc6c5cc43)cc2)CCc2sc3ccccc3c21. The third-order valence-electron chi connectivity index (χ3n) is 11.8. The smallest absolute Gasteiger partial charge is 0.0548 e. The summed E-state index contributed by atoms with van der Waals surface area (Å²) in [4.78, 5) is 6.30. The second-order valence-electron chi connectivity index (χ2n) is 15.3. The lowest BCUT2D eigenvalue weighted by Crippen LogP contribution is -2.18. The zero-order valence-electron chi connectivity index (χ0n) is 32.1. The summed E-state index contributed by atoms with van der Waals surface area (Å²) in [7, 11) is 0. The molecule has 0 radical (unpaired) electrons. The number of allylic oxidation sites excluding steroid dienone is 1. The summed E-state index contributed by atoms with van der Waals surface area (Å²) >= 11 is 3.82. The van der Waals surface area contributed by atoms with Crippen molar-refractivity contribution in [2.24, 2.45) is 0 Å². The molecule has 5 heteroatoms. The average Bonchev–Trinajstić information content (AvgIpc) is 3.96. The lowest BCUT2D eigenvalue weighted by molar-refractivity contribution is 0.911. The second-order valence-corrected chi connectivity index (χ2v) is 17.5. The number of thiophene rings is 2. The number of aromatic nitrogens is 1. The molecule has 0 saturated heterocycles. The van der Waals surface area contributed by atoms with Crippen LogP contribution in [0.15, 0.2) is 200 Å². The van der Waals surface area contributed by atoms with Gasteiger partial charge in [-0.05, 0) is 128 Å². The number of benzene rings is 8. The van der Waals surface area contributed by atoms with Gasteiger partial charge in [0, 0.05) is 85.7 Å². The van der Waals surface area contributed by atoms with Gasteiger partial charge in [0.15, 0.2) is 0 Å². The minimum atomic E-state index is 0.985. The quantitative estimate of drug-likeness (QED) is 0.159. The van der Waals surface area contributed by atoms with E-state index in [1.54, 1.807) is 0 Å². The third-order valence-corrected chi connectivity index (χ3v) is 14.2. The molecule has 0 atom stereocenters. The molecule has 0 saturated carbocycles. The molecule has 3 nitrogen and oxygen atoms in total. The van der Waals surface area contributed by atoms with Gasteiger partial charge in [-0.3, -0.25) is 0 Å². The second kappa shape index (κ2) is 13.9. The van der Waals surface area contributed by atoms with E-state index in [0.717, 1.165) is 41.3 Å². The van der Waals surface area contributed by atoms with Crippen LogP contribution < -0.4 is 9.80 Å². The van der Waals surface area contributed by atoms with E-state index in [9.17, 15) is 0 Å². The summed E-state index contributed by atoms with van der Waals surface area (Å²) in [5, 5.41) is 6.44. The number of rotatable bonds is 7. The number of fused-ring (bicyclic) bond motifs is 9. The molecule has 0 aliphatic heterocycles. The summed E-state index contributed by atoms with van der Waals surface area (Å²) in [5.74, 6) is 0. The number of hydrogen-bond acceptors (Lipinski definition) is 4. The fourth-order valence-corrected chi connectivity index (χ4v) is 11.5. The van der Waals surface area contributed by atoms with Gasteiger partial charge in [0.2, 0.25) is 0 Å². The van der Waals surface area contributed by atoms with Crippen molar-refractivity contribution in [3.63, 3.8) is 0 Å². The van der Waals surface area contributed by atoms with Gasteiger partial charge in [0.25, 0.3) is 0 Å². The number of para-hydroxylation sites is 3. The number of hydrogen-bond donors (Lipinski definition) is 0. The van der Waals surface area contributed by atoms with Crippen LogP contribution >= 0.6 is 22.7 Å². The zero-order valence-corrected chi connectivity index (χ0v) is 33.8. The molecule has 0 spiro atoms. The topological polar surface area (TPSA) is 11.4 Å². The van der Waals surface area contributed by atoms with E-state index >= 15 is 0 Å². The molecule has 11 aromatic rings. The highest BCUT2D eigenvalue weighted by molar-refractivity contribution is 7.25. The minimum absolute atomic E-state index is 0.985. The Balaban J connectivity index is 1.04. The zero-order chi connectivity index (χ0) is 38.9. The van der Waals surface area contributed by atoms with Gasteiger partial charge in [-0.25, -0.2) is 0 Å². The van der Waals surface area contributed by atoms with Crippen LogP contribution in [0.3, 0.4) is 0 Å². The summed E-state index contributed by atoms with van der Waals surface area (Å²) < 4.78 is 6.46.